The SMILES string of the molecule is CCCc1ccc2nnc(CCNC)n2n1. The van der Waals surface area contributed by atoms with Crippen LogP contribution in [0.3, 0.4) is 0 Å². The van der Waals surface area contributed by atoms with E-state index in [1.54, 1.807) is 0 Å². The summed E-state index contributed by atoms with van der Waals surface area (Å²) in [5.74, 6) is 0.919. The van der Waals surface area contributed by atoms with Gasteiger partial charge in [-0.15, -0.1) is 10.2 Å². The lowest BCUT2D eigenvalue weighted by Crippen LogP contribution is -2.13. The van der Waals surface area contributed by atoms with Crippen molar-refractivity contribution < 1.29 is 0 Å². The average molecular weight is 219 g/mol. The number of nitrogens with zero attached hydrogens (tertiary/aromatic N) is 4. The van der Waals surface area contributed by atoms with Crippen molar-refractivity contribution in [1.29, 1.82) is 0 Å². The van der Waals surface area contributed by atoms with Crippen LogP contribution in [-0.2, 0) is 12.8 Å². The summed E-state index contributed by atoms with van der Waals surface area (Å²) in [7, 11) is 1.93. The maximum Gasteiger partial charge on any atom is 0.177 e. The summed E-state index contributed by atoms with van der Waals surface area (Å²) in [4.78, 5) is 0. The number of hydrogen-bond donors (Lipinski definition) is 1. The molecule has 0 spiro atoms. The molecule has 5 nitrogen and oxygen atoms in total. The predicted octanol–water partition coefficient (Wildman–Crippen LogP) is 0.839. The highest BCUT2D eigenvalue weighted by Crippen LogP contribution is 2.05. The molecule has 5 heteroatoms. The van der Waals surface area contributed by atoms with Gasteiger partial charge in [0, 0.05) is 13.0 Å². The molecule has 0 aliphatic carbocycles. The van der Waals surface area contributed by atoms with Crippen molar-refractivity contribution in [1.82, 2.24) is 25.1 Å². The lowest BCUT2D eigenvalue weighted by atomic mass is 10.2. The molecule has 0 saturated heterocycles. The first-order valence-corrected chi connectivity index (χ1v) is 5.70. The zero-order valence-electron chi connectivity index (χ0n) is 9.77. The first-order valence-electron chi connectivity index (χ1n) is 5.70. The van der Waals surface area contributed by atoms with Crippen LogP contribution >= 0.6 is 0 Å². The van der Waals surface area contributed by atoms with Gasteiger partial charge in [0.15, 0.2) is 11.5 Å². The van der Waals surface area contributed by atoms with E-state index < -0.39 is 0 Å². The lowest BCUT2D eigenvalue weighted by Gasteiger charge is -2.01. The van der Waals surface area contributed by atoms with Gasteiger partial charge in [-0.25, -0.2) is 0 Å². The number of rotatable bonds is 5. The van der Waals surface area contributed by atoms with E-state index in [1.807, 2.05) is 23.7 Å². The molecule has 2 heterocycles. The molecule has 0 aliphatic heterocycles. The molecule has 0 fully saturated rings. The third-order valence-electron chi connectivity index (χ3n) is 2.49. The van der Waals surface area contributed by atoms with E-state index in [-0.39, 0.29) is 0 Å². The summed E-state index contributed by atoms with van der Waals surface area (Å²) in [6.07, 6.45) is 2.95. The van der Waals surface area contributed by atoms with Gasteiger partial charge >= 0.3 is 0 Å². The molecule has 0 radical (unpaired) electrons. The molecule has 0 saturated carbocycles. The lowest BCUT2D eigenvalue weighted by molar-refractivity contribution is 0.711. The topological polar surface area (TPSA) is 55.1 Å². The van der Waals surface area contributed by atoms with Crippen LogP contribution < -0.4 is 5.32 Å². The van der Waals surface area contributed by atoms with Gasteiger partial charge in [0.2, 0.25) is 0 Å². The fraction of sp³-hybridized carbons (Fsp3) is 0.545. The Balaban J connectivity index is 2.31. The van der Waals surface area contributed by atoms with Crippen molar-refractivity contribution in [3.8, 4) is 0 Å². The first kappa shape index (κ1) is 11.0. The molecule has 2 aromatic heterocycles. The summed E-state index contributed by atoms with van der Waals surface area (Å²) in [6, 6.07) is 4.00. The third kappa shape index (κ3) is 2.19. The normalized spacial score (nSPS) is 11.1. The Morgan fingerprint density at radius 1 is 1.25 bits per heavy atom. The number of aryl methyl sites for hydroxylation is 1. The standard InChI is InChI=1S/C11H17N5/c1-3-4-9-5-6-10-13-14-11(7-8-12-2)16(10)15-9/h5-6,12H,3-4,7-8H2,1-2H3. The van der Waals surface area contributed by atoms with E-state index in [0.717, 1.165) is 43.0 Å². The van der Waals surface area contributed by atoms with Gasteiger partial charge < -0.3 is 5.32 Å². The van der Waals surface area contributed by atoms with Crippen LogP contribution in [0.4, 0.5) is 0 Å². The second-order valence-corrected chi connectivity index (χ2v) is 3.81. The Morgan fingerprint density at radius 3 is 2.88 bits per heavy atom. The van der Waals surface area contributed by atoms with E-state index in [2.05, 4.69) is 27.5 Å². The van der Waals surface area contributed by atoms with Gasteiger partial charge in [0.05, 0.1) is 5.69 Å². The van der Waals surface area contributed by atoms with Crippen molar-refractivity contribution in [2.24, 2.45) is 0 Å². The number of nitrogens with one attached hydrogen (secondary N) is 1. The van der Waals surface area contributed by atoms with Crippen molar-refractivity contribution in [3.05, 3.63) is 23.7 Å². The van der Waals surface area contributed by atoms with Gasteiger partial charge in [-0.05, 0) is 25.6 Å². The average Bonchev–Trinajstić information content (AvgIpc) is 2.69. The van der Waals surface area contributed by atoms with Gasteiger partial charge in [0.25, 0.3) is 0 Å². The molecule has 16 heavy (non-hydrogen) atoms. The monoisotopic (exact) mass is 219 g/mol. The highest BCUT2D eigenvalue weighted by molar-refractivity contribution is 5.36. The number of aromatic nitrogens is 4. The summed E-state index contributed by atoms with van der Waals surface area (Å²) in [5, 5.41) is 15.9. The van der Waals surface area contributed by atoms with E-state index in [1.165, 1.54) is 0 Å². The second kappa shape index (κ2) is 5.03. The largest absolute Gasteiger partial charge is 0.319 e. The Bertz CT molecular complexity index is 462. The van der Waals surface area contributed by atoms with E-state index in [4.69, 9.17) is 0 Å². The zero-order valence-corrected chi connectivity index (χ0v) is 9.77. The molecule has 1 N–H and O–H groups in total. The van der Waals surface area contributed by atoms with E-state index in [9.17, 15) is 0 Å². The van der Waals surface area contributed by atoms with Gasteiger partial charge in [-0.1, -0.05) is 13.3 Å². The van der Waals surface area contributed by atoms with Gasteiger partial charge in [-0.3, -0.25) is 0 Å². The van der Waals surface area contributed by atoms with Crippen LogP contribution in [0, 0.1) is 0 Å². The molecule has 86 valence electrons. The van der Waals surface area contributed by atoms with Crippen LogP contribution in [-0.4, -0.2) is 33.4 Å². The van der Waals surface area contributed by atoms with Gasteiger partial charge in [-0.2, -0.15) is 9.61 Å². The highest BCUT2D eigenvalue weighted by Gasteiger charge is 2.06. The summed E-state index contributed by atoms with van der Waals surface area (Å²) in [5.41, 5.74) is 1.92. The number of likely N-dealkylation sites (N-methyl/N-ethyl adjacent to an activating group) is 1. The number of hydrogen-bond acceptors (Lipinski definition) is 4. The minimum absolute atomic E-state index is 0.825. The van der Waals surface area contributed by atoms with E-state index >= 15 is 0 Å². The number of fused-ring (bicyclic) bond motifs is 1. The van der Waals surface area contributed by atoms with Crippen LogP contribution in [0.2, 0.25) is 0 Å². The smallest absolute Gasteiger partial charge is 0.177 e. The Morgan fingerprint density at radius 2 is 2.12 bits per heavy atom. The molecule has 0 amide bonds. The molecule has 2 rings (SSSR count). The summed E-state index contributed by atoms with van der Waals surface area (Å²) in [6.45, 7) is 3.04. The van der Waals surface area contributed by atoms with Crippen molar-refractivity contribution >= 4 is 5.65 Å². The Labute approximate surface area is 94.9 Å². The molecule has 2 aromatic rings. The minimum atomic E-state index is 0.825. The molecule has 0 unspecified atom stereocenters. The molecule has 0 aliphatic rings. The van der Waals surface area contributed by atoms with Crippen molar-refractivity contribution in [3.63, 3.8) is 0 Å². The summed E-state index contributed by atoms with van der Waals surface area (Å²) < 4.78 is 1.85. The molecule has 0 atom stereocenters. The quantitative estimate of drug-likeness (QED) is 0.809. The maximum absolute atomic E-state index is 4.54. The van der Waals surface area contributed by atoms with Crippen LogP contribution in [0.5, 0.6) is 0 Å². The Hall–Kier alpha value is -1.49. The fourth-order valence-corrected chi connectivity index (χ4v) is 1.65. The molecule has 0 bridgehead atoms. The predicted molar refractivity (Wildman–Crippen MR) is 62.4 cm³/mol. The Kier molecular flexibility index (Phi) is 3.46. The molecular weight excluding hydrogens is 202 g/mol. The van der Waals surface area contributed by atoms with E-state index in [0.29, 0.717) is 0 Å². The van der Waals surface area contributed by atoms with Crippen molar-refractivity contribution in [2.75, 3.05) is 13.6 Å². The minimum Gasteiger partial charge on any atom is -0.319 e. The van der Waals surface area contributed by atoms with Crippen LogP contribution in [0.15, 0.2) is 12.1 Å². The van der Waals surface area contributed by atoms with Crippen molar-refractivity contribution in [2.45, 2.75) is 26.2 Å². The first-order chi connectivity index (χ1) is 7.85. The third-order valence-corrected chi connectivity index (χ3v) is 2.49. The summed E-state index contributed by atoms with van der Waals surface area (Å²) >= 11 is 0. The van der Waals surface area contributed by atoms with Crippen LogP contribution in [0.25, 0.3) is 5.65 Å². The highest BCUT2D eigenvalue weighted by atomic mass is 15.4. The fourth-order valence-electron chi connectivity index (χ4n) is 1.65. The molecule has 0 aromatic carbocycles. The molecular formula is C11H17N5. The van der Waals surface area contributed by atoms with Gasteiger partial charge in [0.1, 0.15) is 0 Å². The zero-order chi connectivity index (χ0) is 11.4. The maximum atomic E-state index is 4.54. The van der Waals surface area contributed by atoms with Crippen LogP contribution in [0.1, 0.15) is 24.9 Å². The second-order valence-electron chi connectivity index (χ2n) is 3.81.